The van der Waals surface area contributed by atoms with E-state index in [0.29, 0.717) is 26.7 Å². The summed E-state index contributed by atoms with van der Waals surface area (Å²) >= 11 is 13.3. The summed E-state index contributed by atoms with van der Waals surface area (Å²) in [6.07, 6.45) is 0. The molecular weight excluding hydrogens is 489 g/mol. The Balaban J connectivity index is 1.51. The molecule has 1 aromatic heterocycles. The van der Waals surface area contributed by atoms with Crippen LogP contribution in [0.25, 0.3) is 17.1 Å². The predicted molar refractivity (Wildman–Crippen MR) is 139 cm³/mol. The normalized spacial score (nSPS) is 11.5. The van der Waals surface area contributed by atoms with E-state index in [1.807, 2.05) is 66.1 Å². The molecule has 0 aliphatic heterocycles. The maximum absolute atomic E-state index is 12.5. The first-order chi connectivity index (χ1) is 16.4. The van der Waals surface area contributed by atoms with E-state index in [-0.39, 0.29) is 11.7 Å². The van der Waals surface area contributed by atoms with Gasteiger partial charge in [0.25, 0.3) is 5.91 Å². The zero-order valence-corrected chi connectivity index (χ0v) is 20.8. The largest absolute Gasteiger partial charge is 0.272 e. The number of hydrogen-bond donors (Lipinski definition) is 1. The summed E-state index contributed by atoms with van der Waals surface area (Å²) in [7, 11) is 0. The van der Waals surface area contributed by atoms with Crippen molar-refractivity contribution in [3.8, 4) is 17.1 Å². The number of amides is 1. The van der Waals surface area contributed by atoms with Crippen molar-refractivity contribution in [3.05, 3.63) is 94.0 Å². The van der Waals surface area contributed by atoms with Crippen molar-refractivity contribution in [3.63, 3.8) is 0 Å². The van der Waals surface area contributed by atoms with Crippen molar-refractivity contribution in [1.82, 2.24) is 20.2 Å². The van der Waals surface area contributed by atoms with E-state index in [9.17, 15) is 4.79 Å². The van der Waals surface area contributed by atoms with Gasteiger partial charge in [-0.2, -0.15) is 5.10 Å². The number of rotatable bonds is 7. The molecule has 172 valence electrons. The van der Waals surface area contributed by atoms with E-state index >= 15 is 0 Å². The standard InChI is InChI=1S/C25H21Cl2N5OS/c1-16-8-11-20(12-9-16)32-24(18-6-4-3-5-7-18)30-31-25(32)34-15-23(33)29-28-17(2)19-10-13-21(26)22(27)14-19/h3-14H,15H2,1-2H3,(H,29,33)/b28-17-. The second-order valence-corrected chi connectivity index (χ2v) is 9.25. The third-order valence-corrected chi connectivity index (χ3v) is 6.64. The number of aryl methyl sites for hydroxylation is 1. The van der Waals surface area contributed by atoms with Crippen LogP contribution in [0.15, 0.2) is 83.1 Å². The lowest BCUT2D eigenvalue weighted by Gasteiger charge is -2.10. The quantitative estimate of drug-likeness (QED) is 0.183. The fraction of sp³-hybridized carbons (Fsp3) is 0.120. The average molecular weight is 510 g/mol. The van der Waals surface area contributed by atoms with Gasteiger partial charge in [0, 0.05) is 11.3 Å². The highest BCUT2D eigenvalue weighted by atomic mass is 35.5. The molecule has 0 unspecified atom stereocenters. The molecule has 0 spiro atoms. The molecule has 1 amide bonds. The first-order valence-corrected chi connectivity index (χ1v) is 12.2. The fourth-order valence-corrected chi connectivity index (χ4v) is 4.20. The maximum Gasteiger partial charge on any atom is 0.250 e. The van der Waals surface area contributed by atoms with Gasteiger partial charge in [0.1, 0.15) is 0 Å². The van der Waals surface area contributed by atoms with Crippen LogP contribution in [0.5, 0.6) is 0 Å². The molecule has 0 aliphatic rings. The summed E-state index contributed by atoms with van der Waals surface area (Å²) in [4.78, 5) is 12.5. The van der Waals surface area contributed by atoms with Gasteiger partial charge in [-0.3, -0.25) is 9.36 Å². The molecule has 4 aromatic rings. The Kier molecular flexibility index (Phi) is 7.67. The van der Waals surface area contributed by atoms with Crippen molar-refractivity contribution in [1.29, 1.82) is 0 Å². The monoisotopic (exact) mass is 509 g/mol. The summed E-state index contributed by atoms with van der Waals surface area (Å²) in [5, 5.41) is 14.4. The number of carbonyl (C=O) groups is 1. The van der Waals surface area contributed by atoms with Gasteiger partial charge in [0.15, 0.2) is 11.0 Å². The number of hydrazone groups is 1. The molecule has 4 rings (SSSR count). The SMILES string of the molecule is C/C(=N/NC(=O)CSc1nnc(-c2ccccc2)n1-c1ccc(C)cc1)c1ccc(Cl)c(Cl)c1. The van der Waals surface area contributed by atoms with Crippen LogP contribution in [-0.4, -0.2) is 32.1 Å². The van der Waals surface area contributed by atoms with Gasteiger partial charge in [-0.15, -0.1) is 10.2 Å². The Morgan fingerprint density at radius 1 is 1.00 bits per heavy atom. The second kappa shape index (κ2) is 10.9. The van der Waals surface area contributed by atoms with Crippen LogP contribution in [-0.2, 0) is 4.79 Å². The first kappa shape index (κ1) is 24.0. The lowest BCUT2D eigenvalue weighted by atomic mass is 10.1. The predicted octanol–water partition coefficient (Wildman–Crippen LogP) is 6.18. The van der Waals surface area contributed by atoms with E-state index in [2.05, 4.69) is 20.7 Å². The van der Waals surface area contributed by atoms with Gasteiger partial charge in [0.05, 0.1) is 21.5 Å². The summed E-state index contributed by atoms with van der Waals surface area (Å²) in [5.74, 6) is 0.571. The Morgan fingerprint density at radius 3 is 2.44 bits per heavy atom. The van der Waals surface area contributed by atoms with E-state index in [4.69, 9.17) is 23.2 Å². The Morgan fingerprint density at radius 2 is 1.74 bits per heavy atom. The number of thioether (sulfide) groups is 1. The Hall–Kier alpha value is -3.13. The molecule has 0 fully saturated rings. The zero-order chi connectivity index (χ0) is 24.1. The van der Waals surface area contributed by atoms with Crippen molar-refractivity contribution in [2.75, 3.05) is 5.75 Å². The molecule has 1 heterocycles. The molecule has 0 atom stereocenters. The smallest absolute Gasteiger partial charge is 0.250 e. The molecule has 0 bridgehead atoms. The number of nitrogens with one attached hydrogen (secondary N) is 1. The van der Waals surface area contributed by atoms with Crippen molar-refractivity contribution in [2.24, 2.45) is 5.10 Å². The minimum Gasteiger partial charge on any atom is -0.272 e. The van der Waals surface area contributed by atoms with Crippen LogP contribution in [0.2, 0.25) is 10.0 Å². The number of benzene rings is 3. The van der Waals surface area contributed by atoms with Crippen LogP contribution < -0.4 is 5.43 Å². The number of carbonyl (C=O) groups excluding carboxylic acids is 1. The van der Waals surface area contributed by atoms with Crippen LogP contribution in [0.4, 0.5) is 0 Å². The van der Waals surface area contributed by atoms with Crippen LogP contribution in [0.1, 0.15) is 18.1 Å². The molecule has 1 N–H and O–H groups in total. The molecule has 0 saturated heterocycles. The third-order valence-electron chi connectivity index (χ3n) is 4.98. The van der Waals surface area contributed by atoms with E-state index in [1.165, 1.54) is 11.8 Å². The molecule has 34 heavy (non-hydrogen) atoms. The lowest BCUT2D eigenvalue weighted by molar-refractivity contribution is -0.118. The minimum atomic E-state index is -0.260. The van der Waals surface area contributed by atoms with Gasteiger partial charge < -0.3 is 0 Å². The maximum atomic E-state index is 12.5. The molecule has 9 heteroatoms. The minimum absolute atomic E-state index is 0.122. The van der Waals surface area contributed by atoms with Gasteiger partial charge in [-0.05, 0) is 43.7 Å². The third kappa shape index (κ3) is 5.67. The zero-order valence-electron chi connectivity index (χ0n) is 18.5. The topological polar surface area (TPSA) is 72.2 Å². The number of halogens is 2. The van der Waals surface area contributed by atoms with Gasteiger partial charge >= 0.3 is 0 Å². The van der Waals surface area contributed by atoms with E-state index < -0.39 is 0 Å². The van der Waals surface area contributed by atoms with Crippen LogP contribution in [0, 0.1) is 6.92 Å². The van der Waals surface area contributed by atoms with Crippen molar-refractivity contribution in [2.45, 2.75) is 19.0 Å². The Bertz CT molecular complexity index is 1340. The number of hydrogen-bond acceptors (Lipinski definition) is 5. The summed E-state index contributed by atoms with van der Waals surface area (Å²) < 4.78 is 1.96. The summed E-state index contributed by atoms with van der Waals surface area (Å²) in [5.41, 5.74) is 6.99. The average Bonchev–Trinajstić information content (AvgIpc) is 3.28. The molecule has 0 saturated carbocycles. The van der Waals surface area contributed by atoms with Gasteiger partial charge in [-0.1, -0.05) is 89.1 Å². The van der Waals surface area contributed by atoms with Gasteiger partial charge in [0.2, 0.25) is 0 Å². The first-order valence-electron chi connectivity index (χ1n) is 10.4. The number of aromatic nitrogens is 3. The van der Waals surface area contributed by atoms with Crippen molar-refractivity contribution >= 4 is 46.6 Å². The molecular formula is C25H21Cl2N5OS. The van der Waals surface area contributed by atoms with Crippen LogP contribution in [0.3, 0.4) is 0 Å². The summed E-state index contributed by atoms with van der Waals surface area (Å²) in [6, 6.07) is 23.1. The van der Waals surface area contributed by atoms with Crippen molar-refractivity contribution < 1.29 is 4.79 Å². The number of nitrogens with zero attached hydrogens (tertiary/aromatic N) is 4. The highest BCUT2D eigenvalue weighted by Crippen LogP contribution is 2.28. The van der Waals surface area contributed by atoms with E-state index in [0.717, 1.165) is 22.4 Å². The molecule has 0 aliphatic carbocycles. The molecule has 6 nitrogen and oxygen atoms in total. The molecule has 3 aromatic carbocycles. The van der Waals surface area contributed by atoms with E-state index in [1.54, 1.807) is 25.1 Å². The highest BCUT2D eigenvalue weighted by molar-refractivity contribution is 7.99. The Labute approximate surface area is 212 Å². The lowest BCUT2D eigenvalue weighted by Crippen LogP contribution is -2.21. The second-order valence-electron chi connectivity index (χ2n) is 7.49. The summed E-state index contributed by atoms with van der Waals surface area (Å²) in [6.45, 7) is 3.82. The van der Waals surface area contributed by atoms with Crippen LogP contribution >= 0.6 is 35.0 Å². The van der Waals surface area contributed by atoms with Gasteiger partial charge in [-0.25, -0.2) is 5.43 Å². The highest BCUT2D eigenvalue weighted by Gasteiger charge is 2.17. The molecule has 0 radical (unpaired) electrons. The fourth-order valence-electron chi connectivity index (χ4n) is 3.16.